The fourth-order valence-electron chi connectivity index (χ4n) is 4.48. The molecule has 1 aromatic heterocycles. The van der Waals surface area contributed by atoms with Crippen molar-refractivity contribution >= 4 is 0 Å². The van der Waals surface area contributed by atoms with Crippen LogP contribution in [-0.2, 0) is 0 Å². The Labute approximate surface area is 154 Å². The molecule has 1 saturated heterocycles. The van der Waals surface area contributed by atoms with E-state index in [1.807, 2.05) is 0 Å². The number of aromatic nitrogens is 2. The van der Waals surface area contributed by atoms with E-state index in [-0.39, 0.29) is 0 Å². The monoisotopic (exact) mass is 346 g/mol. The van der Waals surface area contributed by atoms with Gasteiger partial charge in [-0.1, -0.05) is 27.7 Å². The van der Waals surface area contributed by atoms with Crippen LogP contribution < -0.4 is 5.32 Å². The standard InChI is InChI=1S/C21H38N4/c1-16(2)19-14-23-25(15-19)21-9-11-24(12-10-21)20-7-5-18(6-8-20)13-22-17(3)4/h14-18,20-22H,5-13H2,1-4H3/t18-,20+. The third kappa shape index (κ3) is 5.07. The second-order valence-electron chi connectivity index (χ2n) is 8.91. The number of rotatable bonds is 6. The Bertz CT molecular complexity index is 506. The van der Waals surface area contributed by atoms with E-state index in [4.69, 9.17) is 0 Å². The molecule has 0 spiro atoms. The van der Waals surface area contributed by atoms with E-state index in [2.05, 4.69) is 60.1 Å². The summed E-state index contributed by atoms with van der Waals surface area (Å²) < 4.78 is 2.24. The van der Waals surface area contributed by atoms with E-state index < -0.39 is 0 Å². The van der Waals surface area contributed by atoms with Crippen LogP contribution in [0.5, 0.6) is 0 Å². The van der Waals surface area contributed by atoms with E-state index in [1.165, 1.54) is 63.7 Å². The van der Waals surface area contributed by atoms with Crippen molar-refractivity contribution in [2.45, 2.75) is 90.3 Å². The summed E-state index contributed by atoms with van der Waals surface area (Å²) in [4.78, 5) is 2.77. The molecule has 0 bridgehead atoms. The minimum atomic E-state index is 0.578. The first-order valence-electron chi connectivity index (χ1n) is 10.5. The largest absolute Gasteiger partial charge is 0.314 e. The Morgan fingerprint density at radius 3 is 2.24 bits per heavy atom. The highest BCUT2D eigenvalue weighted by Crippen LogP contribution is 2.31. The first kappa shape index (κ1) is 18.9. The van der Waals surface area contributed by atoms with Crippen LogP contribution >= 0.6 is 0 Å². The van der Waals surface area contributed by atoms with Crippen LogP contribution in [-0.4, -0.2) is 46.4 Å². The van der Waals surface area contributed by atoms with E-state index in [0.29, 0.717) is 18.0 Å². The van der Waals surface area contributed by atoms with Crippen LogP contribution in [0.3, 0.4) is 0 Å². The number of hydrogen-bond donors (Lipinski definition) is 1. The molecule has 1 aliphatic heterocycles. The predicted molar refractivity (Wildman–Crippen MR) is 105 cm³/mol. The first-order valence-corrected chi connectivity index (χ1v) is 10.5. The topological polar surface area (TPSA) is 33.1 Å². The molecule has 0 atom stereocenters. The Balaban J connectivity index is 1.42. The lowest BCUT2D eigenvalue weighted by Crippen LogP contribution is -2.44. The molecule has 1 saturated carbocycles. The molecule has 4 heteroatoms. The molecule has 1 aromatic rings. The molecule has 25 heavy (non-hydrogen) atoms. The number of nitrogens with one attached hydrogen (secondary N) is 1. The van der Waals surface area contributed by atoms with Gasteiger partial charge in [-0.3, -0.25) is 4.68 Å². The van der Waals surface area contributed by atoms with Gasteiger partial charge in [0.1, 0.15) is 0 Å². The second-order valence-corrected chi connectivity index (χ2v) is 8.91. The highest BCUT2D eigenvalue weighted by atomic mass is 15.3. The van der Waals surface area contributed by atoms with Crippen molar-refractivity contribution in [3.05, 3.63) is 18.0 Å². The third-order valence-electron chi connectivity index (χ3n) is 6.31. The van der Waals surface area contributed by atoms with Gasteiger partial charge in [0.25, 0.3) is 0 Å². The summed E-state index contributed by atoms with van der Waals surface area (Å²) in [6.07, 6.45) is 12.5. The van der Waals surface area contributed by atoms with Gasteiger partial charge in [-0.15, -0.1) is 0 Å². The van der Waals surface area contributed by atoms with Gasteiger partial charge < -0.3 is 10.2 Å². The lowest BCUT2D eigenvalue weighted by atomic mass is 9.84. The van der Waals surface area contributed by atoms with Crippen molar-refractivity contribution in [1.82, 2.24) is 20.0 Å². The number of piperidine rings is 1. The van der Waals surface area contributed by atoms with Crippen LogP contribution in [0.1, 0.15) is 83.7 Å². The summed E-state index contributed by atoms with van der Waals surface area (Å²) in [7, 11) is 0. The van der Waals surface area contributed by atoms with Gasteiger partial charge in [-0.2, -0.15) is 5.10 Å². The van der Waals surface area contributed by atoms with E-state index in [1.54, 1.807) is 0 Å². The molecule has 0 aromatic carbocycles. The van der Waals surface area contributed by atoms with Crippen molar-refractivity contribution in [2.24, 2.45) is 5.92 Å². The molecule has 2 fully saturated rings. The van der Waals surface area contributed by atoms with Gasteiger partial charge >= 0.3 is 0 Å². The van der Waals surface area contributed by atoms with Crippen LogP contribution in [0.2, 0.25) is 0 Å². The lowest BCUT2D eigenvalue weighted by Gasteiger charge is -2.41. The molecule has 3 rings (SSSR count). The number of nitrogens with zero attached hydrogens (tertiary/aromatic N) is 3. The predicted octanol–water partition coefficient (Wildman–Crippen LogP) is 4.20. The fourth-order valence-corrected chi connectivity index (χ4v) is 4.48. The lowest BCUT2D eigenvalue weighted by molar-refractivity contribution is 0.0933. The maximum atomic E-state index is 4.63. The summed E-state index contributed by atoms with van der Waals surface area (Å²) in [5.74, 6) is 1.48. The van der Waals surface area contributed by atoms with Crippen LogP contribution in [0, 0.1) is 5.92 Å². The zero-order valence-corrected chi connectivity index (χ0v) is 16.7. The van der Waals surface area contributed by atoms with E-state index in [0.717, 1.165) is 12.0 Å². The van der Waals surface area contributed by atoms with Gasteiger partial charge in [0.2, 0.25) is 0 Å². The third-order valence-corrected chi connectivity index (χ3v) is 6.31. The fraction of sp³-hybridized carbons (Fsp3) is 0.857. The zero-order valence-electron chi connectivity index (χ0n) is 16.7. The Morgan fingerprint density at radius 1 is 1.00 bits per heavy atom. The summed E-state index contributed by atoms with van der Waals surface area (Å²) in [6, 6.07) is 2.06. The Kier molecular flexibility index (Phi) is 6.56. The summed E-state index contributed by atoms with van der Waals surface area (Å²) in [5.41, 5.74) is 1.37. The highest BCUT2D eigenvalue weighted by Gasteiger charge is 2.29. The smallest absolute Gasteiger partial charge is 0.0543 e. The molecule has 1 N–H and O–H groups in total. The van der Waals surface area contributed by atoms with Gasteiger partial charge in [-0.05, 0) is 62.5 Å². The average molecular weight is 347 g/mol. The minimum absolute atomic E-state index is 0.578. The van der Waals surface area contributed by atoms with Crippen molar-refractivity contribution in [3.63, 3.8) is 0 Å². The number of hydrogen-bond acceptors (Lipinski definition) is 3. The second kappa shape index (κ2) is 8.68. The Hall–Kier alpha value is -0.870. The molecule has 0 amide bonds. The minimum Gasteiger partial charge on any atom is -0.314 e. The number of likely N-dealkylation sites (tertiary alicyclic amines) is 1. The molecule has 142 valence electrons. The maximum absolute atomic E-state index is 4.63. The van der Waals surface area contributed by atoms with Crippen molar-refractivity contribution < 1.29 is 0 Å². The molecule has 0 unspecified atom stereocenters. The molecule has 4 nitrogen and oxygen atoms in total. The molecule has 2 heterocycles. The molecule has 1 aliphatic carbocycles. The van der Waals surface area contributed by atoms with Gasteiger partial charge in [0.15, 0.2) is 0 Å². The SMILES string of the molecule is CC(C)NC[C@H]1CC[C@@H](N2CCC(n3cc(C(C)C)cn3)CC2)CC1. The van der Waals surface area contributed by atoms with Gasteiger partial charge in [-0.25, -0.2) is 0 Å². The summed E-state index contributed by atoms with van der Waals surface area (Å²) in [6.45, 7) is 12.7. The van der Waals surface area contributed by atoms with E-state index in [9.17, 15) is 0 Å². The van der Waals surface area contributed by atoms with Crippen LogP contribution in [0.4, 0.5) is 0 Å². The maximum Gasteiger partial charge on any atom is 0.0543 e. The molecule has 0 radical (unpaired) electrons. The van der Waals surface area contributed by atoms with Crippen LogP contribution in [0.15, 0.2) is 12.4 Å². The summed E-state index contributed by atoms with van der Waals surface area (Å²) >= 11 is 0. The van der Waals surface area contributed by atoms with Crippen molar-refractivity contribution in [3.8, 4) is 0 Å². The van der Waals surface area contributed by atoms with Gasteiger partial charge in [0.05, 0.1) is 12.2 Å². The highest BCUT2D eigenvalue weighted by molar-refractivity contribution is 5.09. The molecular weight excluding hydrogens is 308 g/mol. The van der Waals surface area contributed by atoms with Gasteiger partial charge in [0, 0.05) is 31.4 Å². The Morgan fingerprint density at radius 2 is 1.68 bits per heavy atom. The van der Waals surface area contributed by atoms with Crippen molar-refractivity contribution in [2.75, 3.05) is 19.6 Å². The average Bonchev–Trinajstić information content (AvgIpc) is 3.11. The molecular formula is C21H38N4. The van der Waals surface area contributed by atoms with E-state index >= 15 is 0 Å². The normalized spacial score (nSPS) is 26.6. The zero-order chi connectivity index (χ0) is 17.8. The van der Waals surface area contributed by atoms with Crippen molar-refractivity contribution in [1.29, 1.82) is 0 Å². The quantitative estimate of drug-likeness (QED) is 0.838. The first-order chi connectivity index (χ1) is 12.0. The summed E-state index contributed by atoms with van der Waals surface area (Å²) in [5, 5.41) is 8.25. The molecule has 2 aliphatic rings. The van der Waals surface area contributed by atoms with Crippen LogP contribution in [0.25, 0.3) is 0 Å².